The maximum atomic E-state index is 2.53. The summed E-state index contributed by atoms with van der Waals surface area (Å²) >= 11 is -0.869. The van der Waals surface area contributed by atoms with Gasteiger partial charge in [0.1, 0.15) is 0 Å². The molecule has 0 N–H and O–H groups in total. The van der Waals surface area contributed by atoms with Crippen molar-refractivity contribution in [3.8, 4) is 11.1 Å². The number of hydrogen-bond donors (Lipinski definition) is 0. The molecule has 1 fully saturated rings. The predicted molar refractivity (Wildman–Crippen MR) is 129 cm³/mol. The van der Waals surface area contributed by atoms with Crippen molar-refractivity contribution in [3.05, 3.63) is 73.6 Å². The van der Waals surface area contributed by atoms with Crippen molar-refractivity contribution in [2.24, 2.45) is 5.41 Å². The van der Waals surface area contributed by atoms with E-state index in [0.717, 1.165) is 5.54 Å². The van der Waals surface area contributed by atoms with Gasteiger partial charge in [-0.25, -0.2) is 0 Å². The Balaban J connectivity index is 0.00000144. The van der Waals surface area contributed by atoms with Crippen LogP contribution in [-0.2, 0) is 23.2 Å². The third-order valence-corrected chi connectivity index (χ3v) is 19.7. The predicted octanol–water partition coefficient (Wildman–Crippen LogP) is 1.58. The van der Waals surface area contributed by atoms with Crippen LogP contribution in [0.2, 0.25) is 18.1 Å². The van der Waals surface area contributed by atoms with Crippen molar-refractivity contribution >= 4 is 11.3 Å². The summed E-state index contributed by atoms with van der Waals surface area (Å²) in [7, 11) is -1.25. The third-order valence-electron chi connectivity index (χ3n) is 8.94. The van der Waals surface area contributed by atoms with Gasteiger partial charge in [0.2, 0.25) is 0 Å². The second kappa shape index (κ2) is 9.33. The average molecular weight is 561 g/mol. The second-order valence-corrected chi connectivity index (χ2v) is 18.5. The third kappa shape index (κ3) is 3.64. The minimum Gasteiger partial charge on any atom is -1.00 e. The normalized spacial score (nSPS) is 21.8. The van der Waals surface area contributed by atoms with Gasteiger partial charge < -0.3 is 24.8 Å². The molecule has 0 amide bonds. The molecular formula is C28H34Cl2SiZr. The summed E-state index contributed by atoms with van der Waals surface area (Å²) in [6.45, 7) is 14.6. The van der Waals surface area contributed by atoms with E-state index in [4.69, 9.17) is 0 Å². The Hall–Kier alpha value is -0.400. The van der Waals surface area contributed by atoms with E-state index in [-0.39, 0.29) is 30.2 Å². The number of rotatable bonds is 4. The van der Waals surface area contributed by atoms with Crippen molar-refractivity contribution in [2.75, 3.05) is 0 Å². The first-order valence-corrected chi connectivity index (χ1v) is 16.9. The molecule has 4 heteroatoms. The van der Waals surface area contributed by atoms with Crippen molar-refractivity contribution in [2.45, 2.75) is 71.6 Å². The first-order chi connectivity index (χ1) is 14.3. The fourth-order valence-corrected chi connectivity index (χ4v) is 15.9. The quantitative estimate of drug-likeness (QED) is 0.499. The standard InChI is InChI=1S/C18H19Si.C10H15.2ClH.Zr/c1-2-19(12-7-13-19)18-16-10-5-3-8-14(16)15-9-4-6-11-17(15)18;1-7-6-10(4,5)9(3)8(7)2;;;/h3-6,8-10,18H,2,7,12-13H2,1H3;1-5H3;2*1H;/q;;;;+2/p-2. The molecule has 2 aliphatic carbocycles. The van der Waals surface area contributed by atoms with Crippen LogP contribution in [0.25, 0.3) is 11.1 Å². The summed E-state index contributed by atoms with van der Waals surface area (Å²) in [6.07, 6.45) is 1.47. The number of benzene rings is 2. The molecular weight excluding hydrogens is 527 g/mol. The second-order valence-electron chi connectivity index (χ2n) is 10.4. The summed E-state index contributed by atoms with van der Waals surface area (Å²) in [5.41, 5.74) is 12.4. The van der Waals surface area contributed by atoms with Gasteiger partial charge in [-0.1, -0.05) is 0 Å². The number of halogens is 2. The van der Waals surface area contributed by atoms with Crippen LogP contribution in [0.15, 0.2) is 62.5 Å². The molecule has 3 aliphatic rings. The summed E-state index contributed by atoms with van der Waals surface area (Å²) in [5.74, 6) is 0. The van der Waals surface area contributed by atoms with Gasteiger partial charge in [0.05, 0.1) is 0 Å². The molecule has 0 bridgehead atoms. The van der Waals surface area contributed by atoms with E-state index in [2.05, 4.69) is 84.0 Å². The van der Waals surface area contributed by atoms with E-state index < -0.39 is 31.3 Å². The molecule has 1 atom stereocenters. The summed E-state index contributed by atoms with van der Waals surface area (Å²) in [4.78, 5) is 0. The van der Waals surface area contributed by atoms with E-state index in [1.165, 1.54) is 24.6 Å². The fourth-order valence-electron chi connectivity index (χ4n) is 6.46. The minimum atomic E-state index is -1.25. The Morgan fingerprint density at radius 3 is 2.12 bits per heavy atom. The smallest absolute Gasteiger partial charge is 1.00 e. The first-order valence-electron chi connectivity index (χ1n) is 11.7. The minimum absolute atomic E-state index is 0. The van der Waals surface area contributed by atoms with Gasteiger partial charge >= 0.3 is 196 Å². The summed E-state index contributed by atoms with van der Waals surface area (Å²) in [6, 6.07) is 21.2. The molecule has 2 aromatic rings. The van der Waals surface area contributed by atoms with E-state index in [1.54, 1.807) is 42.2 Å². The maximum Gasteiger partial charge on any atom is -1.00 e. The first kappa shape index (κ1) is 26.2. The van der Waals surface area contributed by atoms with Crippen LogP contribution in [0, 0.1) is 5.41 Å². The zero-order chi connectivity index (χ0) is 21.3. The number of hydrogen-bond acceptors (Lipinski definition) is 0. The van der Waals surface area contributed by atoms with Crippen LogP contribution in [0.1, 0.15) is 64.6 Å². The molecule has 168 valence electrons. The van der Waals surface area contributed by atoms with Gasteiger partial charge in [-0.05, 0) is 0 Å². The fraction of sp³-hybridized carbons (Fsp3) is 0.429. The molecule has 1 saturated heterocycles. The number of allylic oxidation sites excluding steroid dienone is 4. The molecule has 0 aromatic heterocycles. The van der Waals surface area contributed by atoms with Gasteiger partial charge in [0, 0.05) is 0 Å². The average Bonchev–Trinajstić information content (AvgIpc) is 3.11. The van der Waals surface area contributed by atoms with Gasteiger partial charge in [0.25, 0.3) is 0 Å². The van der Waals surface area contributed by atoms with Crippen molar-refractivity contribution in [1.82, 2.24) is 0 Å². The molecule has 0 nitrogen and oxygen atoms in total. The molecule has 0 spiro atoms. The molecule has 1 aliphatic heterocycles. The SMILES string of the molecule is CC[Si]1(C2c3ccccc3-c3ccc[c]([Zr+2][C]4=C(C)C(C)=C(C)C4(C)C)c32)CCC1.[Cl-].[Cl-]. The largest absolute Gasteiger partial charge is 1.00 e. The van der Waals surface area contributed by atoms with Crippen LogP contribution in [-0.4, -0.2) is 8.07 Å². The maximum absolute atomic E-state index is 2.53. The topological polar surface area (TPSA) is 0 Å². The van der Waals surface area contributed by atoms with Gasteiger partial charge in [-0.15, -0.1) is 0 Å². The molecule has 32 heavy (non-hydrogen) atoms. The Kier molecular flexibility index (Phi) is 7.64. The van der Waals surface area contributed by atoms with Crippen LogP contribution < -0.4 is 28.1 Å². The van der Waals surface area contributed by atoms with E-state index in [1.807, 2.05) is 3.28 Å². The molecule has 5 rings (SSSR count). The molecule has 0 saturated carbocycles. The van der Waals surface area contributed by atoms with Gasteiger partial charge in [-0.3, -0.25) is 0 Å². The monoisotopic (exact) mass is 558 g/mol. The van der Waals surface area contributed by atoms with Crippen LogP contribution in [0.5, 0.6) is 0 Å². The Morgan fingerprint density at radius 1 is 0.906 bits per heavy atom. The van der Waals surface area contributed by atoms with Crippen LogP contribution in [0.4, 0.5) is 0 Å². The van der Waals surface area contributed by atoms with Gasteiger partial charge in [-0.2, -0.15) is 0 Å². The van der Waals surface area contributed by atoms with E-state index in [0.29, 0.717) is 0 Å². The van der Waals surface area contributed by atoms with Crippen molar-refractivity contribution < 1.29 is 48.0 Å². The van der Waals surface area contributed by atoms with Crippen molar-refractivity contribution in [3.63, 3.8) is 0 Å². The summed E-state index contributed by atoms with van der Waals surface area (Å²) in [5, 5.41) is 0. The van der Waals surface area contributed by atoms with Crippen LogP contribution >= 0.6 is 0 Å². The number of fused-ring (bicyclic) bond motifs is 3. The van der Waals surface area contributed by atoms with E-state index >= 15 is 0 Å². The molecule has 1 unspecified atom stereocenters. The Bertz CT molecular complexity index is 1100. The zero-order valence-corrected chi connectivity index (χ0v) is 25.2. The Morgan fingerprint density at radius 2 is 1.56 bits per heavy atom. The van der Waals surface area contributed by atoms with Crippen LogP contribution in [0.3, 0.4) is 0 Å². The molecule has 1 heterocycles. The summed E-state index contributed by atoms with van der Waals surface area (Å²) < 4.78 is 3.58. The van der Waals surface area contributed by atoms with E-state index in [9.17, 15) is 0 Å². The molecule has 0 radical (unpaired) electrons. The Labute approximate surface area is 219 Å². The van der Waals surface area contributed by atoms with Gasteiger partial charge in [0.15, 0.2) is 0 Å². The zero-order valence-electron chi connectivity index (χ0n) is 20.2. The van der Waals surface area contributed by atoms with Crippen molar-refractivity contribution in [1.29, 1.82) is 0 Å². The molecule has 2 aromatic carbocycles.